The maximum atomic E-state index is 10.8. The fourth-order valence-electron chi connectivity index (χ4n) is 1.33. The molecule has 27 heavy (non-hydrogen) atoms. The van der Waals surface area contributed by atoms with Gasteiger partial charge < -0.3 is 24.1 Å². The third-order valence-electron chi connectivity index (χ3n) is 2.50. The number of aliphatic hydroxyl groups is 1. The van der Waals surface area contributed by atoms with Crippen molar-refractivity contribution < 1.29 is 38.4 Å². The van der Waals surface area contributed by atoms with Crippen molar-refractivity contribution in [2.45, 2.75) is 26.7 Å². The van der Waals surface area contributed by atoms with E-state index in [0.717, 1.165) is 0 Å². The van der Waals surface area contributed by atoms with Crippen molar-refractivity contribution in [2.75, 3.05) is 49.6 Å². The SMILES string of the molecule is CN=CC(C(=O)OC)=C(C)O.COC(=O)CC(C)=O.COC(OC)N(C)C. The van der Waals surface area contributed by atoms with E-state index in [4.69, 9.17) is 14.6 Å². The van der Waals surface area contributed by atoms with Crippen molar-refractivity contribution in [1.29, 1.82) is 0 Å². The summed E-state index contributed by atoms with van der Waals surface area (Å²) in [4.78, 5) is 36.5. The average Bonchev–Trinajstić information content (AvgIpc) is 2.60. The highest BCUT2D eigenvalue weighted by Gasteiger charge is 2.09. The Bertz CT molecular complexity index is 493. The number of carbonyl (C=O) groups is 3. The van der Waals surface area contributed by atoms with Crippen molar-refractivity contribution in [2.24, 2.45) is 4.99 Å². The van der Waals surface area contributed by atoms with E-state index in [1.165, 1.54) is 41.3 Å². The molecule has 10 heteroatoms. The number of ether oxygens (including phenoxy) is 4. The molecule has 0 aliphatic rings. The zero-order chi connectivity index (χ0) is 22.0. The summed E-state index contributed by atoms with van der Waals surface area (Å²) in [7, 11) is 11.0. The lowest BCUT2D eigenvalue weighted by Gasteiger charge is -2.19. The topological polar surface area (TPSA) is 124 Å². The van der Waals surface area contributed by atoms with Crippen LogP contribution in [0.15, 0.2) is 16.3 Å². The predicted octanol–water partition coefficient (Wildman–Crippen LogP) is 0.955. The predicted molar refractivity (Wildman–Crippen MR) is 101 cm³/mol. The second-order valence-electron chi connectivity index (χ2n) is 5.07. The first kappa shape index (κ1) is 29.5. The molecule has 0 saturated carbocycles. The van der Waals surface area contributed by atoms with E-state index in [9.17, 15) is 14.4 Å². The number of aliphatic imine (C=N–C) groups is 1. The lowest BCUT2D eigenvalue weighted by atomic mass is 10.2. The van der Waals surface area contributed by atoms with Crippen LogP contribution >= 0.6 is 0 Å². The van der Waals surface area contributed by atoms with Crippen LogP contribution in [-0.4, -0.2) is 89.9 Å². The molecule has 0 aromatic heterocycles. The number of carbonyl (C=O) groups excluding carboxylic acids is 3. The van der Waals surface area contributed by atoms with Crippen LogP contribution in [0.25, 0.3) is 0 Å². The van der Waals surface area contributed by atoms with E-state index in [2.05, 4.69) is 14.5 Å². The summed E-state index contributed by atoms with van der Waals surface area (Å²) in [5.74, 6) is -1.33. The quantitative estimate of drug-likeness (QED) is 0.168. The molecule has 0 atom stereocenters. The summed E-state index contributed by atoms with van der Waals surface area (Å²) in [5.41, 5.74) is 0.0787. The first-order valence-corrected chi connectivity index (χ1v) is 7.70. The van der Waals surface area contributed by atoms with Gasteiger partial charge in [0.05, 0.1) is 14.2 Å². The maximum absolute atomic E-state index is 10.8. The number of esters is 2. The number of aliphatic hydroxyl groups excluding tert-OH is 1. The zero-order valence-electron chi connectivity index (χ0n) is 17.6. The van der Waals surface area contributed by atoms with Crippen LogP contribution in [0.5, 0.6) is 0 Å². The number of allylic oxidation sites excluding steroid dienone is 1. The third kappa shape index (κ3) is 18.3. The molecule has 10 nitrogen and oxygen atoms in total. The Hall–Kier alpha value is -2.30. The van der Waals surface area contributed by atoms with Crippen LogP contribution in [0.3, 0.4) is 0 Å². The van der Waals surface area contributed by atoms with Crippen LogP contribution in [0.2, 0.25) is 0 Å². The molecular formula is C17H32N2O8. The van der Waals surface area contributed by atoms with Gasteiger partial charge in [-0.25, -0.2) is 4.79 Å². The summed E-state index contributed by atoms with van der Waals surface area (Å²) in [5, 5.41) is 8.93. The Morgan fingerprint density at radius 3 is 1.67 bits per heavy atom. The van der Waals surface area contributed by atoms with Crippen molar-refractivity contribution in [3.63, 3.8) is 0 Å². The van der Waals surface area contributed by atoms with Crippen LogP contribution in [0.4, 0.5) is 0 Å². The van der Waals surface area contributed by atoms with Crippen molar-refractivity contribution in [1.82, 2.24) is 4.90 Å². The normalized spacial score (nSPS) is 11.1. The fraction of sp³-hybridized carbons (Fsp3) is 0.647. The van der Waals surface area contributed by atoms with E-state index in [-0.39, 0.29) is 30.0 Å². The molecule has 0 aliphatic carbocycles. The van der Waals surface area contributed by atoms with Gasteiger partial charge in [-0.15, -0.1) is 0 Å². The van der Waals surface area contributed by atoms with E-state index in [1.807, 2.05) is 19.0 Å². The highest BCUT2D eigenvalue weighted by molar-refractivity contribution is 6.09. The molecule has 0 radical (unpaired) electrons. The second-order valence-corrected chi connectivity index (χ2v) is 5.07. The summed E-state index contributed by atoms with van der Waals surface area (Å²) in [6.45, 7) is 2.74. The van der Waals surface area contributed by atoms with Gasteiger partial charge in [0.15, 0.2) is 0 Å². The van der Waals surface area contributed by atoms with Gasteiger partial charge in [0.1, 0.15) is 23.5 Å². The molecule has 0 rings (SSSR count). The zero-order valence-corrected chi connectivity index (χ0v) is 17.6. The largest absolute Gasteiger partial charge is 0.512 e. The number of ketones is 1. The van der Waals surface area contributed by atoms with Crippen molar-refractivity contribution in [3.8, 4) is 0 Å². The highest BCUT2D eigenvalue weighted by atomic mass is 16.7. The van der Waals surface area contributed by atoms with Gasteiger partial charge in [-0.05, 0) is 27.9 Å². The lowest BCUT2D eigenvalue weighted by Crippen LogP contribution is -2.30. The third-order valence-corrected chi connectivity index (χ3v) is 2.50. The van der Waals surface area contributed by atoms with Gasteiger partial charge in [0.2, 0.25) is 6.41 Å². The minimum atomic E-state index is -0.587. The monoisotopic (exact) mass is 392 g/mol. The summed E-state index contributed by atoms with van der Waals surface area (Å²) in [6.07, 6.45) is 0.924. The van der Waals surface area contributed by atoms with Gasteiger partial charge >= 0.3 is 11.9 Å². The number of hydrogen-bond acceptors (Lipinski definition) is 10. The van der Waals surface area contributed by atoms with E-state index in [1.54, 1.807) is 14.2 Å². The van der Waals surface area contributed by atoms with Gasteiger partial charge in [0, 0.05) is 27.5 Å². The molecule has 0 heterocycles. The molecule has 0 bridgehead atoms. The number of Topliss-reactive ketones (excluding diaryl/α,β-unsaturated/α-hetero) is 1. The fourth-order valence-corrected chi connectivity index (χ4v) is 1.33. The molecule has 0 unspecified atom stereocenters. The highest BCUT2D eigenvalue weighted by Crippen LogP contribution is 1.99. The Kier molecular flexibility index (Phi) is 20.2. The van der Waals surface area contributed by atoms with E-state index >= 15 is 0 Å². The van der Waals surface area contributed by atoms with Crippen LogP contribution in [-0.2, 0) is 33.3 Å². The first-order chi connectivity index (χ1) is 12.5. The molecule has 158 valence electrons. The Morgan fingerprint density at radius 2 is 1.52 bits per heavy atom. The van der Waals surface area contributed by atoms with E-state index in [0.29, 0.717) is 0 Å². The Morgan fingerprint density at radius 1 is 1.04 bits per heavy atom. The van der Waals surface area contributed by atoms with Gasteiger partial charge in [0.25, 0.3) is 0 Å². The number of nitrogens with zero attached hydrogens (tertiary/aromatic N) is 2. The molecule has 0 spiro atoms. The molecule has 0 aliphatic heterocycles. The second kappa shape index (κ2) is 18.5. The summed E-state index contributed by atoms with van der Waals surface area (Å²) >= 11 is 0. The molecule has 0 aromatic rings. The lowest BCUT2D eigenvalue weighted by molar-refractivity contribution is -0.179. The summed E-state index contributed by atoms with van der Waals surface area (Å²) < 4.78 is 18.3. The number of methoxy groups -OCH3 is 4. The first-order valence-electron chi connectivity index (χ1n) is 7.70. The molecule has 0 amide bonds. The molecule has 0 saturated heterocycles. The van der Waals surface area contributed by atoms with Crippen molar-refractivity contribution >= 4 is 23.9 Å². The molecule has 1 N–H and O–H groups in total. The maximum Gasteiger partial charge on any atom is 0.342 e. The van der Waals surface area contributed by atoms with Crippen molar-refractivity contribution in [3.05, 3.63) is 11.3 Å². The van der Waals surface area contributed by atoms with Crippen LogP contribution in [0, 0.1) is 0 Å². The van der Waals surface area contributed by atoms with Crippen LogP contribution in [0.1, 0.15) is 20.3 Å². The van der Waals surface area contributed by atoms with E-state index < -0.39 is 11.9 Å². The molecule has 0 aromatic carbocycles. The van der Waals surface area contributed by atoms with Crippen LogP contribution < -0.4 is 0 Å². The minimum Gasteiger partial charge on any atom is -0.512 e. The average molecular weight is 392 g/mol. The number of hydrogen-bond donors (Lipinski definition) is 1. The summed E-state index contributed by atoms with van der Waals surface area (Å²) in [6, 6.07) is 0. The Labute approximate surface area is 160 Å². The smallest absolute Gasteiger partial charge is 0.342 e. The van der Waals surface area contributed by atoms with Gasteiger partial charge in [-0.2, -0.15) is 0 Å². The van der Waals surface area contributed by atoms with Gasteiger partial charge in [-0.1, -0.05) is 0 Å². The van der Waals surface area contributed by atoms with Gasteiger partial charge in [-0.3, -0.25) is 19.5 Å². The molecule has 0 fully saturated rings. The molecular weight excluding hydrogens is 360 g/mol. The standard InChI is InChI=1S/C7H11NO3.C5H13NO2.C5H8O3/c1-5(9)6(4-8-2)7(10)11-3;1-6(2)5(7-3)8-4;1-4(6)3-5(7)8-2/h4,9H,1-3H3;5H,1-4H3;3H2,1-2H3. The number of rotatable bonds is 7. The minimum absolute atomic E-state index is 0.0787. The Balaban J connectivity index is -0.000000327.